The van der Waals surface area contributed by atoms with Gasteiger partial charge in [-0.15, -0.1) is 0 Å². The molecule has 0 aliphatic heterocycles. The van der Waals surface area contributed by atoms with Crippen molar-refractivity contribution in [2.75, 3.05) is 18.5 Å². The van der Waals surface area contributed by atoms with E-state index >= 15 is 0 Å². The monoisotopic (exact) mass is 388 g/mol. The molecule has 2 N–H and O–H groups in total. The minimum atomic E-state index is -1.13. The molecule has 1 heterocycles. The number of hydrogen-bond acceptors (Lipinski definition) is 4. The smallest absolute Gasteiger partial charge is 0.411 e. The molecule has 27 heavy (non-hydrogen) atoms. The van der Waals surface area contributed by atoms with Crippen LogP contribution in [-0.4, -0.2) is 38.1 Å². The van der Waals surface area contributed by atoms with Gasteiger partial charge in [-0.2, -0.15) is 0 Å². The number of carbonyl (C=O) groups is 2. The van der Waals surface area contributed by atoms with Crippen LogP contribution in [0.15, 0.2) is 36.5 Å². The third-order valence-corrected chi connectivity index (χ3v) is 5.69. The third kappa shape index (κ3) is 6.69. The zero-order valence-electron chi connectivity index (χ0n) is 16.4. The molecule has 6 nitrogen and oxygen atoms in total. The maximum atomic E-state index is 12.8. The molecule has 0 spiro atoms. The number of ketones is 1. The highest BCUT2D eigenvalue weighted by atomic mass is 28.3. The largest absolute Gasteiger partial charge is 0.450 e. The van der Waals surface area contributed by atoms with Gasteiger partial charge < -0.3 is 14.5 Å². The fourth-order valence-electron chi connectivity index (χ4n) is 2.43. The number of amides is 1. The Bertz CT molecular complexity index is 763. The van der Waals surface area contributed by atoms with E-state index in [1.165, 1.54) is 0 Å². The lowest BCUT2D eigenvalue weighted by Crippen LogP contribution is -2.21. The van der Waals surface area contributed by atoms with Crippen molar-refractivity contribution in [3.63, 3.8) is 0 Å². The number of aromatic nitrogens is 1. The fourth-order valence-corrected chi connectivity index (χ4v) is 3.18. The summed E-state index contributed by atoms with van der Waals surface area (Å²) >= 11 is 0. The number of hydrogen-bond donors (Lipinski definition) is 2. The zero-order valence-corrected chi connectivity index (χ0v) is 17.4. The molecular formula is C20H28N2O4Si. The minimum Gasteiger partial charge on any atom is -0.450 e. The highest BCUT2D eigenvalue weighted by Crippen LogP contribution is 2.17. The lowest BCUT2D eigenvalue weighted by Gasteiger charge is -2.15. The van der Waals surface area contributed by atoms with Crippen molar-refractivity contribution in [3.8, 4) is 0 Å². The van der Waals surface area contributed by atoms with E-state index < -0.39 is 14.2 Å². The Morgan fingerprint density at radius 1 is 1.11 bits per heavy atom. The van der Waals surface area contributed by atoms with Crippen molar-refractivity contribution in [2.24, 2.45) is 0 Å². The molecule has 1 amide bonds. The standard InChI is InChI=1S/C20H28N2O4Si/c1-5-26-20(24)22-17-8-6-15(7-9-17)19(23)18-16(10-11-21-18)14-25-12-13-27(2,3)4/h6-11,21H,5,12-14H2,1-4H3,(H,22,24). The predicted octanol–water partition coefficient (Wildman–Crippen LogP) is 4.67. The summed E-state index contributed by atoms with van der Waals surface area (Å²) in [5, 5.41) is 2.60. The Hall–Kier alpha value is -2.38. The molecule has 0 bridgehead atoms. The lowest BCUT2D eigenvalue weighted by atomic mass is 10.1. The highest BCUT2D eigenvalue weighted by Gasteiger charge is 2.16. The Morgan fingerprint density at radius 3 is 2.44 bits per heavy atom. The summed E-state index contributed by atoms with van der Waals surface area (Å²) in [6.45, 7) is 10.1. The molecule has 0 saturated carbocycles. The predicted molar refractivity (Wildman–Crippen MR) is 109 cm³/mol. The Morgan fingerprint density at radius 2 is 1.81 bits per heavy atom. The van der Waals surface area contributed by atoms with Crippen LogP contribution in [0.1, 0.15) is 28.5 Å². The molecule has 0 aliphatic carbocycles. The van der Waals surface area contributed by atoms with E-state index in [1.54, 1.807) is 37.4 Å². The molecule has 0 fully saturated rings. The van der Waals surface area contributed by atoms with Crippen LogP contribution in [0.3, 0.4) is 0 Å². The number of aromatic amines is 1. The second-order valence-electron chi connectivity index (χ2n) is 7.49. The van der Waals surface area contributed by atoms with Gasteiger partial charge in [0.05, 0.1) is 18.9 Å². The van der Waals surface area contributed by atoms with Gasteiger partial charge in [0.1, 0.15) is 0 Å². The molecule has 1 aromatic heterocycles. The Balaban J connectivity index is 1.97. The van der Waals surface area contributed by atoms with Crippen molar-refractivity contribution in [2.45, 2.75) is 39.2 Å². The van der Waals surface area contributed by atoms with Crippen molar-refractivity contribution < 1.29 is 19.1 Å². The maximum Gasteiger partial charge on any atom is 0.411 e. The molecule has 0 radical (unpaired) electrons. The molecule has 146 valence electrons. The summed E-state index contributed by atoms with van der Waals surface area (Å²) in [5.41, 5.74) is 2.50. The second-order valence-corrected chi connectivity index (χ2v) is 13.1. The first-order valence-corrected chi connectivity index (χ1v) is 12.8. The topological polar surface area (TPSA) is 80.4 Å². The molecule has 7 heteroatoms. The summed E-state index contributed by atoms with van der Waals surface area (Å²) in [5.74, 6) is -0.105. The van der Waals surface area contributed by atoms with Gasteiger partial charge in [-0.25, -0.2) is 4.79 Å². The second kappa shape index (κ2) is 9.52. The van der Waals surface area contributed by atoms with Gasteiger partial charge in [0.15, 0.2) is 0 Å². The molecule has 0 unspecified atom stereocenters. The van der Waals surface area contributed by atoms with Gasteiger partial charge in [-0.1, -0.05) is 19.6 Å². The number of ether oxygens (including phenoxy) is 2. The first kappa shape index (κ1) is 20.9. The van der Waals surface area contributed by atoms with Crippen molar-refractivity contribution in [1.29, 1.82) is 0 Å². The van der Waals surface area contributed by atoms with E-state index in [9.17, 15) is 9.59 Å². The van der Waals surface area contributed by atoms with Crippen LogP contribution in [-0.2, 0) is 16.1 Å². The number of H-pyrrole nitrogens is 1. The molecule has 0 aliphatic rings. The minimum absolute atomic E-state index is 0.105. The molecule has 2 aromatic rings. The molecule has 2 rings (SSSR count). The average molecular weight is 389 g/mol. The number of benzene rings is 1. The van der Waals surface area contributed by atoms with Gasteiger partial charge >= 0.3 is 6.09 Å². The van der Waals surface area contributed by atoms with Crippen LogP contribution in [0, 0.1) is 0 Å². The van der Waals surface area contributed by atoms with Crippen molar-refractivity contribution >= 4 is 25.6 Å². The van der Waals surface area contributed by atoms with E-state index in [1.807, 2.05) is 6.07 Å². The van der Waals surface area contributed by atoms with Gasteiger partial charge in [-0.3, -0.25) is 10.1 Å². The fraction of sp³-hybridized carbons (Fsp3) is 0.400. The third-order valence-electron chi connectivity index (χ3n) is 3.98. The van der Waals surface area contributed by atoms with Crippen LogP contribution < -0.4 is 5.32 Å². The summed E-state index contributed by atoms with van der Waals surface area (Å²) in [6, 6.07) is 9.68. The maximum absolute atomic E-state index is 12.8. The lowest BCUT2D eigenvalue weighted by molar-refractivity contribution is 0.102. The normalized spacial score (nSPS) is 11.3. The number of nitrogens with one attached hydrogen (secondary N) is 2. The summed E-state index contributed by atoms with van der Waals surface area (Å²) in [4.78, 5) is 27.2. The van der Waals surface area contributed by atoms with Gasteiger partial charge in [0, 0.05) is 37.7 Å². The molecule has 1 aromatic carbocycles. The van der Waals surface area contributed by atoms with Crippen molar-refractivity contribution in [1.82, 2.24) is 4.98 Å². The first-order valence-electron chi connectivity index (χ1n) is 9.12. The summed E-state index contributed by atoms with van der Waals surface area (Å²) in [6.07, 6.45) is 1.24. The van der Waals surface area contributed by atoms with Gasteiger partial charge in [0.2, 0.25) is 5.78 Å². The molecule has 0 atom stereocenters. The Kier molecular flexibility index (Phi) is 7.38. The van der Waals surface area contributed by atoms with Crippen LogP contribution in [0.2, 0.25) is 25.7 Å². The first-order chi connectivity index (χ1) is 12.8. The molecular weight excluding hydrogens is 360 g/mol. The van der Waals surface area contributed by atoms with E-state index in [0.717, 1.165) is 11.6 Å². The Labute approximate surface area is 161 Å². The number of carbonyl (C=O) groups excluding carboxylic acids is 2. The van der Waals surface area contributed by atoms with Crippen LogP contribution in [0.25, 0.3) is 0 Å². The van der Waals surface area contributed by atoms with Crippen molar-refractivity contribution in [3.05, 3.63) is 53.3 Å². The van der Waals surface area contributed by atoms with E-state index in [-0.39, 0.29) is 5.78 Å². The number of anilines is 1. The quantitative estimate of drug-likeness (QED) is 0.372. The average Bonchev–Trinajstić information content (AvgIpc) is 3.06. The van der Waals surface area contributed by atoms with E-state index in [2.05, 4.69) is 29.9 Å². The summed E-state index contributed by atoms with van der Waals surface area (Å²) in [7, 11) is -1.13. The van der Waals surface area contributed by atoms with Gasteiger partial charge in [-0.05, 0) is 43.3 Å². The van der Waals surface area contributed by atoms with Crippen LogP contribution in [0.5, 0.6) is 0 Å². The molecule has 0 saturated heterocycles. The van der Waals surface area contributed by atoms with Crippen LogP contribution in [0.4, 0.5) is 10.5 Å². The van der Waals surface area contributed by atoms with E-state index in [0.29, 0.717) is 36.8 Å². The SMILES string of the molecule is CCOC(=O)Nc1ccc(C(=O)c2[nH]ccc2COCC[Si](C)(C)C)cc1. The zero-order chi connectivity index (χ0) is 19.9. The van der Waals surface area contributed by atoms with E-state index in [4.69, 9.17) is 9.47 Å². The number of rotatable bonds is 9. The summed E-state index contributed by atoms with van der Waals surface area (Å²) < 4.78 is 10.6. The highest BCUT2D eigenvalue weighted by molar-refractivity contribution is 6.76. The van der Waals surface area contributed by atoms with Gasteiger partial charge in [0.25, 0.3) is 0 Å². The van der Waals surface area contributed by atoms with Crippen LogP contribution >= 0.6 is 0 Å².